The predicted molar refractivity (Wildman–Crippen MR) is 106 cm³/mol. The zero-order chi connectivity index (χ0) is 18.0. The van der Waals surface area contributed by atoms with Gasteiger partial charge in [0.2, 0.25) is 0 Å². The van der Waals surface area contributed by atoms with Crippen LogP contribution in [0.4, 0.5) is 0 Å². The van der Waals surface area contributed by atoms with Crippen molar-refractivity contribution in [2.24, 2.45) is 10.7 Å². The van der Waals surface area contributed by atoms with Crippen molar-refractivity contribution in [2.75, 3.05) is 6.54 Å². The summed E-state index contributed by atoms with van der Waals surface area (Å²) in [6, 6.07) is 17.8. The molecule has 0 spiro atoms. The minimum Gasteiger partial charge on any atom is -0.487 e. The lowest BCUT2D eigenvalue weighted by Gasteiger charge is -2.07. The topological polar surface area (TPSA) is 72.5 Å². The number of hydrogen-bond acceptors (Lipinski definition) is 4. The quantitative estimate of drug-likeness (QED) is 0.474. The van der Waals surface area contributed by atoms with Gasteiger partial charge in [0.05, 0.1) is 12.2 Å². The minimum absolute atomic E-state index is 0.458. The van der Waals surface area contributed by atoms with Gasteiger partial charge in [-0.05, 0) is 47.7 Å². The Balaban J connectivity index is 1.41. The molecule has 3 N–H and O–H groups in total. The largest absolute Gasteiger partial charge is 0.487 e. The van der Waals surface area contributed by atoms with Gasteiger partial charge in [0, 0.05) is 17.6 Å². The monoisotopic (exact) mass is 366 g/mol. The summed E-state index contributed by atoms with van der Waals surface area (Å²) in [4.78, 5) is 9.95. The first-order chi connectivity index (χ1) is 12.8. The van der Waals surface area contributed by atoms with Gasteiger partial charge in [-0.1, -0.05) is 24.3 Å². The van der Waals surface area contributed by atoms with Gasteiger partial charge >= 0.3 is 0 Å². The van der Waals surface area contributed by atoms with Crippen LogP contribution in [0, 0.1) is 0 Å². The Morgan fingerprint density at radius 3 is 2.73 bits per heavy atom. The highest BCUT2D eigenvalue weighted by molar-refractivity contribution is 7.09. The molecule has 0 bridgehead atoms. The summed E-state index contributed by atoms with van der Waals surface area (Å²) in [7, 11) is 0. The molecule has 0 aliphatic heterocycles. The van der Waals surface area contributed by atoms with Gasteiger partial charge in [-0.2, -0.15) is 0 Å². The summed E-state index contributed by atoms with van der Waals surface area (Å²) in [5, 5.41) is 5.22. The van der Waals surface area contributed by atoms with Gasteiger partial charge in [-0.3, -0.25) is 4.98 Å². The summed E-state index contributed by atoms with van der Waals surface area (Å²) < 4.78 is 5.73. The lowest BCUT2D eigenvalue weighted by atomic mass is 10.2. The van der Waals surface area contributed by atoms with E-state index in [1.165, 1.54) is 4.88 Å². The van der Waals surface area contributed by atoms with Crippen LogP contribution in [0.5, 0.6) is 5.75 Å². The molecular weight excluding hydrogens is 344 g/mol. The van der Waals surface area contributed by atoms with E-state index in [1.54, 1.807) is 17.5 Å². The molecule has 6 heteroatoms. The molecule has 0 aliphatic rings. The lowest BCUT2D eigenvalue weighted by Crippen LogP contribution is -2.33. The molecule has 134 valence electrons. The van der Waals surface area contributed by atoms with Crippen molar-refractivity contribution >= 4 is 17.3 Å². The molecule has 0 saturated heterocycles. The van der Waals surface area contributed by atoms with E-state index < -0.39 is 0 Å². The van der Waals surface area contributed by atoms with E-state index in [1.807, 2.05) is 42.5 Å². The van der Waals surface area contributed by atoms with Crippen molar-refractivity contribution < 1.29 is 4.74 Å². The molecule has 2 heterocycles. The molecule has 2 aromatic heterocycles. The molecule has 3 rings (SSSR count). The number of hydrogen-bond donors (Lipinski definition) is 2. The highest BCUT2D eigenvalue weighted by Crippen LogP contribution is 2.14. The maximum absolute atomic E-state index is 5.91. The Hall–Kier alpha value is -2.86. The Kier molecular flexibility index (Phi) is 6.61. The van der Waals surface area contributed by atoms with Crippen LogP contribution < -0.4 is 15.8 Å². The van der Waals surface area contributed by atoms with Crippen molar-refractivity contribution in [1.82, 2.24) is 10.3 Å². The van der Waals surface area contributed by atoms with E-state index in [0.29, 0.717) is 19.1 Å². The van der Waals surface area contributed by atoms with Crippen molar-refractivity contribution in [2.45, 2.75) is 19.6 Å². The number of pyridine rings is 1. The number of nitrogens with one attached hydrogen (secondary N) is 1. The predicted octanol–water partition coefficient (Wildman–Crippen LogP) is 3.37. The molecule has 5 nitrogen and oxygen atoms in total. The summed E-state index contributed by atoms with van der Waals surface area (Å²) in [6.45, 7) is 1.79. The van der Waals surface area contributed by atoms with Gasteiger partial charge in [0.25, 0.3) is 0 Å². The van der Waals surface area contributed by atoms with Crippen LogP contribution in [-0.4, -0.2) is 17.5 Å². The number of nitrogens with zero attached hydrogens (tertiary/aromatic N) is 2. The van der Waals surface area contributed by atoms with Gasteiger partial charge in [-0.25, -0.2) is 4.99 Å². The molecule has 0 atom stereocenters. The molecule has 0 saturated carbocycles. The first kappa shape index (κ1) is 17.9. The van der Waals surface area contributed by atoms with E-state index in [4.69, 9.17) is 10.5 Å². The number of aromatic nitrogens is 1. The Morgan fingerprint density at radius 2 is 2.00 bits per heavy atom. The van der Waals surface area contributed by atoms with E-state index >= 15 is 0 Å². The third kappa shape index (κ3) is 5.89. The van der Waals surface area contributed by atoms with Gasteiger partial charge in [0.15, 0.2) is 5.96 Å². The van der Waals surface area contributed by atoms with Gasteiger partial charge in [-0.15, -0.1) is 11.3 Å². The fourth-order valence-corrected chi connectivity index (χ4v) is 3.04. The Bertz CT molecular complexity index is 802. The molecule has 0 aliphatic carbocycles. The fraction of sp³-hybridized carbons (Fsp3) is 0.200. The molecule has 0 radical (unpaired) electrons. The summed E-state index contributed by atoms with van der Waals surface area (Å²) in [5.41, 5.74) is 7.90. The van der Waals surface area contributed by atoms with Crippen LogP contribution in [0.2, 0.25) is 0 Å². The average molecular weight is 366 g/mol. The van der Waals surface area contributed by atoms with Crippen molar-refractivity contribution in [3.8, 4) is 5.75 Å². The SMILES string of the molecule is NC(=NCc1ccc(OCc2ccccn2)cc1)NCCc1cccs1. The smallest absolute Gasteiger partial charge is 0.188 e. The first-order valence-corrected chi connectivity index (χ1v) is 9.35. The lowest BCUT2D eigenvalue weighted by molar-refractivity contribution is 0.301. The molecule has 0 amide bonds. The number of guanidine groups is 1. The number of nitrogens with two attached hydrogens (primary N) is 1. The summed E-state index contributed by atoms with van der Waals surface area (Å²) >= 11 is 1.75. The Morgan fingerprint density at radius 1 is 1.12 bits per heavy atom. The third-order valence-corrected chi connectivity index (χ3v) is 4.66. The molecular formula is C20H22N4OS. The van der Waals surface area contributed by atoms with Crippen LogP contribution in [-0.2, 0) is 19.6 Å². The van der Waals surface area contributed by atoms with Crippen LogP contribution in [0.3, 0.4) is 0 Å². The van der Waals surface area contributed by atoms with E-state index in [2.05, 4.69) is 32.8 Å². The first-order valence-electron chi connectivity index (χ1n) is 8.47. The van der Waals surface area contributed by atoms with E-state index in [9.17, 15) is 0 Å². The number of ether oxygens (including phenoxy) is 1. The maximum Gasteiger partial charge on any atom is 0.188 e. The van der Waals surface area contributed by atoms with Crippen LogP contribution >= 0.6 is 11.3 Å². The molecule has 1 aromatic carbocycles. The maximum atomic E-state index is 5.91. The minimum atomic E-state index is 0.458. The second-order valence-electron chi connectivity index (χ2n) is 5.71. The zero-order valence-corrected chi connectivity index (χ0v) is 15.3. The average Bonchev–Trinajstić information content (AvgIpc) is 3.20. The second-order valence-corrected chi connectivity index (χ2v) is 6.74. The van der Waals surface area contributed by atoms with Gasteiger partial charge in [0.1, 0.15) is 12.4 Å². The summed E-state index contributed by atoms with van der Waals surface area (Å²) in [5.74, 6) is 1.28. The van der Waals surface area contributed by atoms with Crippen molar-refractivity contribution in [3.05, 3.63) is 82.3 Å². The third-order valence-electron chi connectivity index (χ3n) is 3.73. The van der Waals surface area contributed by atoms with E-state index in [0.717, 1.165) is 30.0 Å². The number of aliphatic imine (C=N–C) groups is 1. The Labute approximate surface area is 157 Å². The molecule has 3 aromatic rings. The highest BCUT2D eigenvalue weighted by Gasteiger charge is 1.99. The van der Waals surface area contributed by atoms with Crippen molar-refractivity contribution in [1.29, 1.82) is 0 Å². The second kappa shape index (κ2) is 9.58. The van der Waals surface area contributed by atoms with Crippen LogP contribution in [0.25, 0.3) is 0 Å². The molecule has 0 unspecified atom stereocenters. The normalized spacial score (nSPS) is 11.3. The van der Waals surface area contributed by atoms with Crippen molar-refractivity contribution in [3.63, 3.8) is 0 Å². The number of thiophene rings is 1. The standard InChI is InChI=1S/C20H22N4OS/c21-20(23-12-10-19-5-3-13-26-19)24-14-16-6-8-18(9-7-16)25-15-17-4-1-2-11-22-17/h1-9,11,13H,10,12,14-15H2,(H3,21,23,24). The molecule has 26 heavy (non-hydrogen) atoms. The summed E-state index contributed by atoms with van der Waals surface area (Å²) in [6.07, 6.45) is 2.72. The molecule has 0 fully saturated rings. The van der Waals surface area contributed by atoms with Crippen LogP contribution in [0.1, 0.15) is 16.1 Å². The highest BCUT2D eigenvalue weighted by atomic mass is 32.1. The number of rotatable bonds is 8. The fourth-order valence-electron chi connectivity index (χ4n) is 2.33. The van der Waals surface area contributed by atoms with E-state index in [-0.39, 0.29) is 0 Å². The van der Waals surface area contributed by atoms with Gasteiger partial charge < -0.3 is 15.8 Å². The zero-order valence-electron chi connectivity index (χ0n) is 14.5. The van der Waals surface area contributed by atoms with Crippen LogP contribution in [0.15, 0.2) is 71.2 Å². The number of benzene rings is 1.